The van der Waals surface area contributed by atoms with Crippen molar-refractivity contribution < 1.29 is 9.53 Å². The monoisotopic (exact) mass is 171 g/mol. The normalized spacial score (nSPS) is 15.8. The van der Waals surface area contributed by atoms with E-state index in [0.29, 0.717) is 12.6 Å². The predicted molar refractivity (Wildman–Crippen MR) is 47.0 cm³/mol. The van der Waals surface area contributed by atoms with Gasteiger partial charge < -0.3 is 9.64 Å². The summed E-state index contributed by atoms with van der Waals surface area (Å²) in [6.07, 6.45) is 3.18. The summed E-state index contributed by atoms with van der Waals surface area (Å²) in [6, 6.07) is 0.476. The average Bonchev–Trinajstić information content (AvgIpc) is 2.83. The highest BCUT2D eigenvalue weighted by Gasteiger charge is 2.32. The molecule has 1 aliphatic rings. The summed E-state index contributed by atoms with van der Waals surface area (Å²) in [5, 5.41) is 0. The topological polar surface area (TPSA) is 29.5 Å². The molecule has 0 spiro atoms. The van der Waals surface area contributed by atoms with Crippen LogP contribution in [0.1, 0.15) is 33.1 Å². The fraction of sp³-hybridized carbons (Fsp3) is 0.889. The number of amides is 1. The van der Waals surface area contributed by atoms with Gasteiger partial charge in [-0.25, -0.2) is 4.79 Å². The summed E-state index contributed by atoms with van der Waals surface area (Å²) >= 11 is 0. The number of hydrogen-bond acceptors (Lipinski definition) is 2. The summed E-state index contributed by atoms with van der Waals surface area (Å²) in [4.78, 5) is 13.2. The van der Waals surface area contributed by atoms with Gasteiger partial charge in [-0.2, -0.15) is 0 Å². The molecule has 70 valence electrons. The van der Waals surface area contributed by atoms with E-state index in [9.17, 15) is 4.79 Å². The van der Waals surface area contributed by atoms with E-state index in [-0.39, 0.29) is 6.09 Å². The van der Waals surface area contributed by atoms with Crippen molar-refractivity contribution in [2.75, 3.05) is 13.2 Å². The average molecular weight is 171 g/mol. The van der Waals surface area contributed by atoms with Gasteiger partial charge in [0, 0.05) is 12.6 Å². The lowest BCUT2D eigenvalue weighted by molar-refractivity contribution is 0.104. The van der Waals surface area contributed by atoms with Crippen LogP contribution in [0.3, 0.4) is 0 Å². The van der Waals surface area contributed by atoms with E-state index in [4.69, 9.17) is 4.74 Å². The second-order valence-electron chi connectivity index (χ2n) is 3.12. The third kappa shape index (κ3) is 2.40. The first kappa shape index (κ1) is 9.36. The molecule has 3 heteroatoms. The van der Waals surface area contributed by atoms with E-state index < -0.39 is 0 Å². The molecule has 0 aliphatic heterocycles. The highest BCUT2D eigenvalue weighted by Crippen LogP contribution is 2.27. The van der Waals surface area contributed by atoms with Crippen LogP contribution in [0, 0.1) is 0 Å². The van der Waals surface area contributed by atoms with Crippen LogP contribution in [-0.4, -0.2) is 30.2 Å². The van der Waals surface area contributed by atoms with Gasteiger partial charge in [-0.3, -0.25) is 0 Å². The van der Waals surface area contributed by atoms with Crippen molar-refractivity contribution in [1.29, 1.82) is 0 Å². The Labute approximate surface area is 73.7 Å². The molecule has 1 fully saturated rings. The molecule has 1 saturated carbocycles. The van der Waals surface area contributed by atoms with Crippen LogP contribution in [-0.2, 0) is 4.74 Å². The van der Waals surface area contributed by atoms with Gasteiger partial charge in [0.05, 0.1) is 6.61 Å². The fourth-order valence-corrected chi connectivity index (χ4v) is 1.26. The first-order valence-electron chi connectivity index (χ1n) is 4.73. The summed E-state index contributed by atoms with van der Waals surface area (Å²) < 4.78 is 4.94. The third-order valence-corrected chi connectivity index (χ3v) is 1.95. The van der Waals surface area contributed by atoms with Gasteiger partial charge in [0.1, 0.15) is 0 Å². The first-order valence-corrected chi connectivity index (χ1v) is 4.73. The van der Waals surface area contributed by atoms with Gasteiger partial charge >= 0.3 is 6.09 Å². The zero-order valence-corrected chi connectivity index (χ0v) is 7.88. The van der Waals surface area contributed by atoms with E-state index in [1.807, 2.05) is 11.8 Å². The molecule has 0 radical (unpaired) electrons. The first-order chi connectivity index (χ1) is 5.79. The van der Waals surface area contributed by atoms with E-state index in [1.54, 1.807) is 0 Å². The summed E-state index contributed by atoms with van der Waals surface area (Å²) in [5.41, 5.74) is 0. The van der Waals surface area contributed by atoms with Gasteiger partial charge in [0.15, 0.2) is 0 Å². The summed E-state index contributed by atoms with van der Waals surface area (Å²) in [6.45, 7) is 5.23. The minimum Gasteiger partial charge on any atom is -0.450 e. The zero-order chi connectivity index (χ0) is 8.97. The molecule has 1 amide bonds. The Bertz CT molecular complexity index is 155. The van der Waals surface area contributed by atoms with E-state index in [1.165, 1.54) is 0 Å². The largest absolute Gasteiger partial charge is 0.450 e. The number of hydrogen-bond donors (Lipinski definition) is 0. The van der Waals surface area contributed by atoms with E-state index in [0.717, 1.165) is 25.8 Å². The second kappa shape index (κ2) is 4.33. The summed E-state index contributed by atoms with van der Waals surface area (Å²) in [7, 11) is 0. The number of ether oxygens (including phenoxy) is 1. The quantitative estimate of drug-likeness (QED) is 0.647. The molecule has 0 aromatic carbocycles. The number of carbonyl (C=O) groups is 1. The molecule has 0 bridgehead atoms. The lowest BCUT2D eigenvalue weighted by Gasteiger charge is -2.20. The van der Waals surface area contributed by atoms with Crippen molar-refractivity contribution >= 4 is 6.09 Å². The lowest BCUT2D eigenvalue weighted by Crippen LogP contribution is -2.34. The van der Waals surface area contributed by atoms with Crippen molar-refractivity contribution in [3.05, 3.63) is 0 Å². The molecule has 0 unspecified atom stereocenters. The van der Waals surface area contributed by atoms with E-state index in [2.05, 4.69) is 6.92 Å². The van der Waals surface area contributed by atoms with Crippen LogP contribution in [0.5, 0.6) is 0 Å². The van der Waals surface area contributed by atoms with Crippen molar-refractivity contribution in [1.82, 2.24) is 4.90 Å². The molecule has 0 saturated heterocycles. The van der Waals surface area contributed by atoms with Crippen LogP contribution in [0.2, 0.25) is 0 Å². The number of nitrogens with zero attached hydrogens (tertiary/aromatic N) is 1. The number of carbonyl (C=O) groups excluding carboxylic acids is 1. The molecule has 0 heterocycles. The maximum absolute atomic E-state index is 11.3. The Morgan fingerprint density at radius 2 is 2.17 bits per heavy atom. The Balaban J connectivity index is 2.34. The zero-order valence-electron chi connectivity index (χ0n) is 7.88. The van der Waals surface area contributed by atoms with Crippen LogP contribution < -0.4 is 0 Å². The maximum atomic E-state index is 11.3. The maximum Gasteiger partial charge on any atom is 0.409 e. The Kier molecular flexibility index (Phi) is 3.38. The Morgan fingerprint density at radius 1 is 1.50 bits per heavy atom. The van der Waals surface area contributed by atoms with Crippen LogP contribution in [0.25, 0.3) is 0 Å². The minimum atomic E-state index is -0.137. The predicted octanol–water partition coefficient (Wildman–Crippen LogP) is 2.02. The standard InChI is InChI=1S/C9H17NO2/c1-3-7-10(8-5-6-8)9(11)12-4-2/h8H,3-7H2,1-2H3. The van der Waals surface area contributed by atoms with Gasteiger partial charge in [0.25, 0.3) is 0 Å². The molecule has 12 heavy (non-hydrogen) atoms. The molecular formula is C9H17NO2. The van der Waals surface area contributed by atoms with Gasteiger partial charge in [0.2, 0.25) is 0 Å². The molecule has 0 aromatic rings. The van der Waals surface area contributed by atoms with Crippen LogP contribution in [0.15, 0.2) is 0 Å². The van der Waals surface area contributed by atoms with Gasteiger partial charge in [-0.05, 0) is 26.2 Å². The molecule has 0 aromatic heterocycles. The molecule has 0 N–H and O–H groups in total. The van der Waals surface area contributed by atoms with E-state index >= 15 is 0 Å². The van der Waals surface area contributed by atoms with Crippen molar-refractivity contribution in [2.45, 2.75) is 39.2 Å². The van der Waals surface area contributed by atoms with Gasteiger partial charge in [-0.1, -0.05) is 6.92 Å². The molecular weight excluding hydrogens is 154 g/mol. The third-order valence-electron chi connectivity index (χ3n) is 1.95. The minimum absolute atomic E-state index is 0.137. The van der Waals surface area contributed by atoms with Gasteiger partial charge in [-0.15, -0.1) is 0 Å². The van der Waals surface area contributed by atoms with Crippen LogP contribution in [0.4, 0.5) is 4.79 Å². The Morgan fingerprint density at radius 3 is 2.58 bits per heavy atom. The number of rotatable bonds is 4. The molecule has 1 rings (SSSR count). The lowest BCUT2D eigenvalue weighted by atomic mass is 10.4. The molecule has 1 aliphatic carbocycles. The Hall–Kier alpha value is -0.730. The van der Waals surface area contributed by atoms with Crippen LogP contribution >= 0.6 is 0 Å². The molecule has 3 nitrogen and oxygen atoms in total. The second-order valence-corrected chi connectivity index (χ2v) is 3.12. The molecule has 0 atom stereocenters. The smallest absolute Gasteiger partial charge is 0.409 e. The van der Waals surface area contributed by atoms with Crippen molar-refractivity contribution in [3.8, 4) is 0 Å². The van der Waals surface area contributed by atoms with Crippen molar-refractivity contribution in [3.63, 3.8) is 0 Å². The highest BCUT2D eigenvalue weighted by molar-refractivity contribution is 5.68. The van der Waals surface area contributed by atoms with Crippen molar-refractivity contribution in [2.24, 2.45) is 0 Å². The summed E-state index contributed by atoms with van der Waals surface area (Å²) in [5.74, 6) is 0. The SMILES string of the molecule is CCCN(C(=O)OCC)C1CC1. The highest BCUT2D eigenvalue weighted by atomic mass is 16.6. The fourth-order valence-electron chi connectivity index (χ4n) is 1.26.